The average molecular weight is 257 g/mol. The minimum absolute atomic E-state index is 0.0614. The number of nitriles is 1. The summed E-state index contributed by atoms with van der Waals surface area (Å²) in [5.41, 5.74) is 5.74. The number of carbonyl (C=O) groups excluding carboxylic acids is 1. The lowest BCUT2D eigenvalue weighted by molar-refractivity contribution is -0.127. The molecule has 2 aliphatic rings. The number of nitrogen functional groups attached to an aromatic ring is 1. The summed E-state index contributed by atoms with van der Waals surface area (Å²) in [4.78, 5) is 20.5. The van der Waals surface area contributed by atoms with Crippen molar-refractivity contribution in [3.8, 4) is 6.07 Å². The normalized spacial score (nSPS) is 21.4. The summed E-state index contributed by atoms with van der Waals surface area (Å²) >= 11 is 0. The number of nitrogens with two attached hydrogens (primary N) is 1. The van der Waals surface area contributed by atoms with E-state index in [-0.39, 0.29) is 5.91 Å². The number of hydrogen-bond donors (Lipinski definition) is 1. The van der Waals surface area contributed by atoms with Gasteiger partial charge < -0.3 is 5.73 Å². The smallest absolute Gasteiger partial charge is 0.248 e. The molecule has 2 heterocycles. The summed E-state index contributed by atoms with van der Waals surface area (Å²) in [6.07, 6.45) is 3.22. The summed E-state index contributed by atoms with van der Waals surface area (Å²) in [5.74, 6) is 0.702. The van der Waals surface area contributed by atoms with E-state index in [1.54, 1.807) is 23.2 Å². The van der Waals surface area contributed by atoms with Crippen molar-refractivity contribution in [3.63, 3.8) is 0 Å². The fraction of sp³-hybridized carbons (Fsp3) is 0.462. The van der Waals surface area contributed by atoms with Crippen molar-refractivity contribution in [3.05, 3.63) is 18.3 Å². The Hall–Kier alpha value is -2.13. The van der Waals surface area contributed by atoms with Crippen molar-refractivity contribution in [1.82, 2.24) is 9.88 Å². The molecule has 0 unspecified atom stereocenters. The van der Waals surface area contributed by atoms with Crippen LogP contribution in [0.2, 0.25) is 0 Å². The zero-order valence-electron chi connectivity index (χ0n) is 10.5. The fourth-order valence-electron chi connectivity index (χ4n) is 2.66. The molecule has 6 nitrogen and oxygen atoms in total. The molecule has 19 heavy (non-hydrogen) atoms. The number of hydrogen-bond acceptors (Lipinski definition) is 5. The van der Waals surface area contributed by atoms with Crippen molar-refractivity contribution in [2.45, 2.75) is 18.4 Å². The third-order valence-corrected chi connectivity index (χ3v) is 3.87. The number of carbonyl (C=O) groups is 1. The Labute approximate surface area is 111 Å². The fourth-order valence-corrected chi connectivity index (χ4v) is 2.66. The molecule has 0 aromatic carbocycles. The lowest BCUT2D eigenvalue weighted by atomic mass is 10.1. The number of amides is 1. The van der Waals surface area contributed by atoms with E-state index in [0.717, 1.165) is 12.8 Å². The minimum Gasteiger partial charge on any atom is -0.397 e. The van der Waals surface area contributed by atoms with Crippen LogP contribution >= 0.6 is 0 Å². The van der Waals surface area contributed by atoms with Gasteiger partial charge in [-0.15, -0.1) is 0 Å². The van der Waals surface area contributed by atoms with Crippen LogP contribution in [-0.4, -0.2) is 41.0 Å². The number of aromatic nitrogens is 1. The highest BCUT2D eigenvalue weighted by Crippen LogP contribution is 2.45. The first-order valence-electron chi connectivity index (χ1n) is 6.33. The van der Waals surface area contributed by atoms with Gasteiger partial charge >= 0.3 is 0 Å². The molecule has 2 fully saturated rings. The number of rotatable bonds is 2. The zero-order valence-corrected chi connectivity index (χ0v) is 10.5. The highest BCUT2D eigenvalue weighted by molar-refractivity contribution is 6.02. The number of piperazine rings is 1. The Morgan fingerprint density at radius 2 is 2.21 bits per heavy atom. The molecule has 1 spiro atoms. The monoisotopic (exact) mass is 257 g/mol. The Bertz CT molecular complexity index is 543. The molecule has 1 aromatic rings. The number of nitrogens with zero attached hydrogens (tertiary/aromatic N) is 4. The SMILES string of the molecule is N#CCN1CCN(c2ccc(N)cn2)C(=O)C12CC2. The van der Waals surface area contributed by atoms with Gasteiger partial charge in [0.05, 0.1) is 24.5 Å². The summed E-state index contributed by atoms with van der Waals surface area (Å²) in [6.45, 7) is 1.60. The lowest BCUT2D eigenvalue weighted by Crippen LogP contribution is -2.59. The molecule has 1 saturated carbocycles. The van der Waals surface area contributed by atoms with E-state index in [1.165, 1.54) is 0 Å². The van der Waals surface area contributed by atoms with E-state index < -0.39 is 5.54 Å². The lowest BCUT2D eigenvalue weighted by Gasteiger charge is -2.39. The first-order chi connectivity index (χ1) is 9.17. The predicted molar refractivity (Wildman–Crippen MR) is 70.2 cm³/mol. The maximum atomic E-state index is 12.6. The quantitative estimate of drug-likeness (QED) is 0.773. The number of anilines is 2. The second-order valence-electron chi connectivity index (χ2n) is 5.02. The van der Waals surface area contributed by atoms with Gasteiger partial charge in [0.25, 0.3) is 0 Å². The highest BCUT2D eigenvalue weighted by atomic mass is 16.2. The van der Waals surface area contributed by atoms with Crippen molar-refractivity contribution in [2.24, 2.45) is 0 Å². The van der Waals surface area contributed by atoms with Crippen LogP contribution in [0.3, 0.4) is 0 Å². The topological polar surface area (TPSA) is 86.2 Å². The van der Waals surface area contributed by atoms with Gasteiger partial charge in [-0.1, -0.05) is 0 Å². The van der Waals surface area contributed by atoms with E-state index in [1.807, 2.05) is 4.90 Å². The van der Waals surface area contributed by atoms with E-state index >= 15 is 0 Å². The average Bonchev–Trinajstić information content (AvgIpc) is 3.19. The predicted octanol–water partition coefficient (Wildman–Crippen LogP) is 0.369. The van der Waals surface area contributed by atoms with Crippen molar-refractivity contribution < 1.29 is 4.79 Å². The molecule has 6 heteroatoms. The van der Waals surface area contributed by atoms with Gasteiger partial charge in [-0.2, -0.15) is 5.26 Å². The Balaban J connectivity index is 1.85. The van der Waals surface area contributed by atoms with E-state index in [9.17, 15) is 4.79 Å². The molecule has 1 aromatic heterocycles. The van der Waals surface area contributed by atoms with Gasteiger partial charge in [0, 0.05) is 13.1 Å². The van der Waals surface area contributed by atoms with E-state index in [0.29, 0.717) is 31.1 Å². The largest absolute Gasteiger partial charge is 0.397 e. The van der Waals surface area contributed by atoms with Crippen LogP contribution in [0.4, 0.5) is 11.5 Å². The number of pyridine rings is 1. The molecule has 98 valence electrons. The molecule has 1 aliphatic heterocycles. The first-order valence-corrected chi connectivity index (χ1v) is 6.33. The Morgan fingerprint density at radius 1 is 1.42 bits per heavy atom. The van der Waals surface area contributed by atoms with Crippen LogP contribution in [0.5, 0.6) is 0 Å². The molecule has 1 saturated heterocycles. The summed E-state index contributed by atoms with van der Waals surface area (Å²) in [5, 5.41) is 8.84. The minimum atomic E-state index is -0.447. The summed E-state index contributed by atoms with van der Waals surface area (Å²) in [6, 6.07) is 5.65. The van der Waals surface area contributed by atoms with Crippen molar-refractivity contribution in [1.29, 1.82) is 5.26 Å². The van der Waals surface area contributed by atoms with E-state index in [4.69, 9.17) is 11.0 Å². The maximum absolute atomic E-state index is 12.6. The molecular weight excluding hydrogens is 242 g/mol. The third-order valence-electron chi connectivity index (χ3n) is 3.87. The van der Waals surface area contributed by atoms with Crippen LogP contribution in [0, 0.1) is 11.3 Å². The third kappa shape index (κ3) is 1.83. The molecule has 1 amide bonds. The highest BCUT2D eigenvalue weighted by Gasteiger charge is 2.58. The second-order valence-corrected chi connectivity index (χ2v) is 5.02. The molecule has 0 atom stereocenters. The standard InChI is InChI=1S/C13H15N5O/c14-5-6-17-7-8-18(12(19)13(17)3-4-13)11-2-1-10(15)9-16-11/h1-2,9H,3-4,6-8,15H2. The van der Waals surface area contributed by atoms with Crippen molar-refractivity contribution >= 4 is 17.4 Å². The molecule has 3 rings (SSSR count). The van der Waals surface area contributed by atoms with Gasteiger partial charge in [-0.25, -0.2) is 4.98 Å². The van der Waals surface area contributed by atoms with Crippen LogP contribution < -0.4 is 10.6 Å². The molecule has 0 radical (unpaired) electrons. The van der Waals surface area contributed by atoms with E-state index in [2.05, 4.69) is 11.1 Å². The van der Waals surface area contributed by atoms with Crippen LogP contribution in [-0.2, 0) is 4.79 Å². The molecule has 0 bridgehead atoms. The summed E-state index contributed by atoms with van der Waals surface area (Å²) in [7, 11) is 0. The van der Waals surface area contributed by atoms with Crippen LogP contribution in [0.1, 0.15) is 12.8 Å². The van der Waals surface area contributed by atoms with Crippen molar-refractivity contribution in [2.75, 3.05) is 30.3 Å². The molecule has 1 aliphatic carbocycles. The zero-order chi connectivity index (χ0) is 13.5. The second kappa shape index (κ2) is 4.21. The Morgan fingerprint density at radius 3 is 2.79 bits per heavy atom. The molecule has 2 N–H and O–H groups in total. The van der Waals surface area contributed by atoms with Gasteiger partial charge in [0.2, 0.25) is 5.91 Å². The van der Waals surface area contributed by atoms with Crippen LogP contribution in [0.25, 0.3) is 0 Å². The van der Waals surface area contributed by atoms with Gasteiger partial charge in [-0.05, 0) is 25.0 Å². The summed E-state index contributed by atoms with van der Waals surface area (Å²) < 4.78 is 0. The van der Waals surface area contributed by atoms with Crippen LogP contribution in [0.15, 0.2) is 18.3 Å². The van der Waals surface area contributed by atoms with Gasteiger partial charge in [0.1, 0.15) is 11.4 Å². The maximum Gasteiger partial charge on any atom is 0.248 e. The Kier molecular flexibility index (Phi) is 2.64. The first kappa shape index (κ1) is 11.9. The molecular formula is C13H15N5O. The van der Waals surface area contributed by atoms with Gasteiger partial charge in [-0.3, -0.25) is 14.6 Å². The van der Waals surface area contributed by atoms with Gasteiger partial charge in [0.15, 0.2) is 0 Å².